The van der Waals surface area contributed by atoms with Crippen LogP contribution in [-0.2, 0) is 12.8 Å². The number of nitrogens with one attached hydrogen (secondary N) is 1. The Bertz CT molecular complexity index is 360. The van der Waals surface area contributed by atoms with Gasteiger partial charge in [0.25, 0.3) is 0 Å². The molecular formula is C14H21N3. The van der Waals surface area contributed by atoms with Crippen LogP contribution in [0.1, 0.15) is 24.0 Å². The van der Waals surface area contributed by atoms with Crippen molar-refractivity contribution in [2.45, 2.75) is 25.7 Å². The van der Waals surface area contributed by atoms with Crippen LogP contribution < -0.4 is 5.73 Å². The lowest BCUT2D eigenvalue weighted by Crippen LogP contribution is -2.28. The third kappa shape index (κ3) is 3.56. The maximum atomic E-state index is 7.22. The minimum absolute atomic E-state index is 0.308. The van der Waals surface area contributed by atoms with Crippen LogP contribution in [0.25, 0.3) is 0 Å². The predicted octanol–water partition coefficient (Wildman–Crippen LogP) is 1.80. The summed E-state index contributed by atoms with van der Waals surface area (Å²) < 4.78 is 0. The van der Waals surface area contributed by atoms with Gasteiger partial charge in [0.1, 0.15) is 0 Å². The molecule has 1 aromatic carbocycles. The van der Waals surface area contributed by atoms with Crippen molar-refractivity contribution in [2.75, 3.05) is 19.6 Å². The second-order valence-corrected chi connectivity index (χ2v) is 4.74. The van der Waals surface area contributed by atoms with E-state index >= 15 is 0 Å². The van der Waals surface area contributed by atoms with E-state index in [0.29, 0.717) is 5.84 Å². The normalized spacial score (nSPS) is 16.2. The van der Waals surface area contributed by atoms with Gasteiger partial charge in [-0.3, -0.25) is 5.41 Å². The fourth-order valence-corrected chi connectivity index (χ4v) is 2.43. The van der Waals surface area contributed by atoms with Crippen molar-refractivity contribution in [2.24, 2.45) is 5.73 Å². The van der Waals surface area contributed by atoms with Crippen LogP contribution >= 0.6 is 0 Å². The molecule has 0 radical (unpaired) electrons. The smallest absolute Gasteiger partial charge is 0.0905 e. The zero-order valence-corrected chi connectivity index (χ0v) is 10.3. The molecule has 1 heterocycles. The van der Waals surface area contributed by atoms with Gasteiger partial charge in [0.15, 0.2) is 0 Å². The first-order chi connectivity index (χ1) is 8.25. The lowest BCUT2D eigenvalue weighted by molar-refractivity contribution is 0.285. The van der Waals surface area contributed by atoms with Gasteiger partial charge < -0.3 is 10.6 Å². The van der Waals surface area contributed by atoms with Crippen molar-refractivity contribution >= 4 is 5.84 Å². The van der Waals surface area contributed by atoms with Crippen LogP contribution in [0.2, 0.25) is 0 Å². The summed E-state index contributed by atoms with van der Waals surface area (Å²) in [6.45, 7) is 3.33. The first-order valence-electron chi connectivity index (χ1n) is 6.38. The monoisotopic (exact) mass is 231 g/mol. The average molecular weight is 231 g/mol. The van der Waals surface area contributed by atoms with E-state index in [2.05, 4.69) is 29.2 Å². The topological polar surface area (TPSA) is 53.1 Å². The molecule has 0 aromatic heterocycles. The summed E-state index contributed by atoms with van der Waals surface area (Å²) in [5.74, 6) is 0.308. The van der Waals surface area contributed by atoms with Gasteiger partial charge in [-0.25, -0.2) is 0 Å². The van der Waals surface area contributed by atoms with E-state index in [1.165, 1.54) is 11.1 Å². The molecule has 2 rings (SSSR count). The number of amidine groups is 1. The van der Waals surface area contributed by atoms with E-state index < -0.39 is 0 Å². The zero-order chi connectivity index (χ0) is 12.1. The molecule has 0 saturated carbocycles. The molecular weight excluding hydrogens is 210 g/mol. The molecule has 0 fully saturated rings. The number of benzene rings is 1. The highest BCUT2D eigenvalue weighted by atomic mass is 15.1. The van der Waals surface area contributed by atoms with E-state index in [9.17, 15) is 0 Å². The molecule has 1 aromatic rings. The van der Waals surface area contributed by atoms with Gasteiger partial charge in [-0.2, -0.15) is 0 Å². The van der Waals surface area contributed by atoms with Gasteiger partial charge in [-0.1, -0.05) is 24.3 Å². The Morgan fingerprint density at radius 2 is 1.76 bits per heavy atom. The van der Waals surface area contributed by atoms with Gasteiger partial charge in [-0.05, 0) is 36.9 Å². The number of hydrogen-bond donors (Lipinski definition) is 2. The summed E-state index contributed by atoms with van der Waals surface area (Å²) in [6.07, 6.45) is 4.03. The van der Waals surface area contributed by atoms with Gasteiger partial charge in [0, 0.05) is 19.5 Å². The summed E-state index contributed by atoms with van der Waals surface area (Å²) in [5, 5.41) is 7.22. The highest BCUT2D eigenvalue weighted by Crippen LogP contribution is 2.15. The molecule has 17 heavy (non-hydrogen) atoms. The summed E-state index contributed by atoms with van der Waals surface area (Å²) in [4.78, 5) is 2.49. The molecule has 0 spiro atoms. The maximum Gasteiger partial charge on any atom is 0.0905 e. The molecule has 3 heteroatoms. The molecule has 92 valence electrons. The van der Waals surface area contributed by atoms with Crippen LogP contribution in [0, 0.1) is 5.41 Å². The minimum atomic E-state index is 0.308. The molecule has 0 unspecified atom stereocenters. The van der Waals surface area contributed by atoms with Gasteiger partial charge >= 0.3 is 0 Å². The van der Waals surface area contributed by atoms with Crippen LogP contribution in [0.3, 0.4) is 0 Å². The fraction of sp³-hybridized carbons (Fsp3) is 0.500. The second kappa shape index (κ2) is 5.82. The van der Waals surface area contributed by atoms with Gasteiger partial charge in [0.05, 0.1) is 5.84 Å². The fourth-order valence-electron chi connectivity index (χ4n) is 2.43. The van der Waals surface area contributed by atoms with E-state index in [0.717, 1.165) is 45.3 Å². The SMILES string of the molecule is N=C(N)CCCN1CCc2ccccc2CC1. The van der Waals surface area contributed by atoms with Crippen LogP contribution in [0.15, 0.2) is 24.3 Å². The van der Waals surface area contributed by atoms with Crippen molar-refractivity contribution in [3.63, 3.8) is 0 Å². The Kier molecular flexibility index (Phi) is 4.15. The third-order valence-electron chi connectivity index (χ3n) is 3.43. The largest absolute Gasteiger partial charge is 0.388 e. The van der Waals surface area contributed by atoms with Crippen LogP contribution in [0.4, 0.5) is 0 Å². The zero-order valence-electron chi connectivity index (χ0n) is 10.3. The van der Waals surface area contributed by atoms with Crippen molar-refractivity contribution < 1.29 is 0 Å². The first-order valence-corrected chi connectivity index (χ1v) is 6.38. The molecule has 1 aliphatic rings. The number of hydrogen-bond acceptors (Lipinski definition) is 2. The second-order valence-electron chi connectivity index (χ2n) is 4.74. The number of fused-ring (bicyclic) bond motifs is 1. The summed E-state index contributed by atoms with van der Waals surface area (Å²) in [5.41, 5.74) is 8.38. The van der Waals surface area contributed by atoms with Crippen LogP contribution in [-0.4, -0.2) is 30.4 Å². The van der Waals surface area contributed by atoms with Crippen LogP contribution in [0.5, 0.6) is 0 Å². The third-order valence-corrected chi connectivity index (χ3v) is 3.43. The molecule has 0 bridgehead atoms. The van der Waals surface area contributed by atoms with Gasteiger partial charge in [-0.15, -0.1) is 0 Å². The average Bonchev–Trinajstić information content (AvgIpc) is 2.52. The molecule has 3 nitrogen and oxygen atoms in total. The summed E-state index contributed by atoms with van der Waals surface area (Å²) >= 11 is 0. The Balaban J connectivity index is 1.84. The maximum absolute atomic E-state index is 7.22. The Hall–Kier alpha value is -1.35. The standard InChI is InChI=1S/C14H21N3/c15-14(16)6-3-9-17-10-7-12-4-1-2-5-13(12)8-11-17/h1-2,4-5H,3,6-11H2,(H3,15,16). The summed E-state index contributed by atoms with van der Waals surface area (Å²) in [7, 11) is 0. The number of nitrogens with zero attached hydrogens (tertiary/aromatic N) is 1. The Labute approximate surface area is 103 Å². The van der Waals surface area contributed by atoms with Crippen molar-refractivity contribution in [1.29, 1.82) is 5.41 Å². The lowest BCUT2D eigenvalue weighted by Gasteiger charge is -2.19. The first kappa shape index (κ1) is 12.1. The highest BCUT2D eigenvalue weighted by molar-refractivity contribution is 5.76. The van der Waals surface area contributed by atoms with Gasteiger partial charge in [0.2, 0.25) is 0 Å². The van der Waals surface area contributed by atoms with E-state index in [-0.39, 0.29) is 0 Å². The van der Waals surface area contributed by atoms with Crippen molar-refractivity contribution in [1.82, 2.24) is 4.90 Å². The Morgan fingerprint density at radius 1 is 1.18 bits per heavy atom. The lowest BCUT2D eigenvalue weighted by atomic mass is 10.0. The van der Waals surface area contributed by atoms with E-state index in [1.54, 1.807) is 0 Å². The van der Waals surface area contributed by atoms with Crippen molar-refractivity contribution in [3.05, 3.63) is 35.4 Å². The molecule has 0 aliphatic carbocycles. The minimum Gasteiger partial charge on any atom is -0.388 e. The number of rotatable bonds is 4. The van der Waals surface area contributed by atoms with Crippen molar-refractivity contribution in [3.8, 4) is 0 Å². The molecule has 0 saturated heterocycles. The van der Waals surface area contributed by atoms with E-state index in [1.807, 2.05) is 0 Å². The molecule has 1 aliphatic heterocycles. The quantitative estimate of drug-likeness (QED) is 0.613. The summed E-state index contributed by atoms with van der Waals surface area (Å²) in [6, 6.07) is 8.75. The number of nitrogens with two attached hydrogens (primary N) is 1. The Morgan fingerprint density at radius 3 is 2.29 bits per heavy atom. The molecule has 3 N–H and O–H groups in total. The van der Waals surface area contributed by atoms with E-state index in [4.69, 9.17) is 11.1 Å². The molecule has 0 atom stereocenters. The predicted molar refractivity (Wildman–Crippen MR) is 71.4 cm³/mol. The molecule has 0 amide bonds. The highest BCUT2D eigenvalue weighted by Gasteiger charge is 2.12.